The van der Waals surface area contributed by atoms with Gasteiger partial charge in [0, 0.05) is 11.5 Å². The number of nitrogens with one attached hydrogen (secondary N) is 3. The quantitative estimate of drug-likeness (QED) is 0.164. The van der Waals surface area contributed by atoms with Crippen LogP contribution in [0.5, 0.6) is 0 Å². The van der Waals surface area contributed by atoms with Gasteiger partial charge in [0.25, 0.3) is 0 Å². The fourth-order valence-corrected chi connectivity index (χ4v) is 2.10. The SMILES string of the molecule is NCC(=O)N[C@@H](CS)C(=O)N[C@@H](CS)C(=O)N[C@@H](CC(N)=O)C(=O)O. The molecule has 0 aliphatic rings. The molecular weight excluding hydrogens is 374 g/mol. The van der Waals surface area contributed by atoms with Gasteiger partial charge in [-0.15, -0.1) is 0 Å². The minimum absolute atomic E-state index is 0.0576. The zero-order valence-corrected chi connectivity index (χ0v) is 14.9. The summed E-state index contributed by atoms with van der Waals surface area (Å²) in [6.07, 6.45) is -0.611. The van der Waals surface area contributed by atoms with Gasteiger partial charge in [-0.2, -0.15) is 25.3 Å². The summed E-state index contributed by atoms with van der Waals surface area (Å²) in [5, 5.41) is 15.7. The van der Waals surface area contributed by atoms with Crippen molar-refractivity contribution in [3.05, 3.63) is 0 Å². The molecule has 0 rings (SSSR count). The minimum atomic E-state index is -1.54. The second kappa shape index (κ2) is 11.5. The van der Waals surface area contributed by atoms with Crippen LogP contribution in [0, 0.1) is 0 Å². The molecular formula is C12H21N5O6S2. The molecule has 0 aromatic heterocycles. The number of primary amides is 1. The van der Waals surface area contributed by atoms with Gasteiger partial charge >= 0.3 is 5.97 Å². The fraction of sp³-hybridized carbons (Fsp3) is 0.583. The highest BCUT2D eigenvalue weighted by atomic mass is 32.1. The Labute approximate surface area is 154 Å². The van der Waals surface area contributed by atoms with Crippen molar-refractivity contribution in [1.29, 1.82) is 0 Å². The topological polar surface area (TPSA) is 194 Å². The Bertz CT molecular complexity index is 532. The van der Waals surface area contributed by atoms with E-state index in [1.54, 1.807) is 0 Å². The van der Waals surface area contributed by atoms with Crippen LogP contribution in [0.4, 0.5) is 0 Å². The molecule has 142 valence electrons. The first-order valence-corrected chi connectivity index (χ1v) is 8.25. The molecule has 0 heterocycles. The van der Waals surface area contributed by atoms with E-state index >= 15 is 0 Å². The van der Waals surface area contributed by atoms with Crippen molar-refractivity contribution >= 4 is 54.9 Å². The summed E-state index contributed by atoms with van der Waals surface area (Å²) >= 11 is 7.85. The van der Waals surface area contributed by atoms with Gasteiger partial charge in [-0.1, -0.05) is 0 Å². The van der Waals surface area contributed by atoms with Crippen molar-refractivity contribution in [2.45, 2.75) is 24.5 Å². The van der Waals surface area contributed by atoms with Crippen molar-refractivity contribution in [2.24, 2.45) is 11.5 Å². The maximum atomic E-state index is 12.1. The number of rotatable bonds is 11. The monoisotopic (exact) mass is 395 g/mol. The molecule has 0 aliphatic heterocycles. The lowest BCUT2D eigenvalue weighted by Crippen LogP contribution is -2.57. The summed E-state index contributed by atoms with van der Waals surface area (Å²) in [7, 11) is 0. The molecule has 3 atom stereocenters. The average molecular weight is 395 g/mol. The van der Waals surface area contributed by atoms with Gasteiger partial charge < -0.3 is 32.5 Å². The normalized spacial score (nSPS) is 13.9. The van der Waals surface area contributed by atoms with E-state index in [-0.39, 0.29) is 18.1 Å². The third-order valence-corrected chi connectivity index (χ3v) is 3.59. The van der Waals surface area contributed by atoms with Crippen LogP contribution in [0.2, 0.25) is 0 Å². The number of carboxylic acids is 1. The predicted molar refractivity (Wildman–Crippen MR) is 94.0 cm³/mol. The van der Waals surface area contributed by atoms with Crippen LogP contribution < -0.4 is 27.4 Å². The summed E-state index contributed by atoms with van der Waals surface area (Å²) in [5.41, 5.74) is 10.1. The molecule has 0 radical (unpaired) electrons. The van der Waals surface area contributed by atoms with Crippen LogP contribution in [0.15, 0.2) is 0 Å². The summed E-state index contributed by atoms with van der Waals surface area (Å²) in [4.78, 5) is 57.3. The molecule has 11 nitrogen and oxygen atoms in total. The van der Waals surface area contributed by atoms with Crippen LogP contribution in [-0.4, -0.2) is 70.9 Å². The van der Waals surface area contributed by atoms with Crippen molar-refractivity contribution in [3.63, 3.8) is 0 Å². The molecule has 4 amide bonds. The Hall–Kier alpha value is -1.99. The lowest BCUT2D eigenvalue weighted by atomic mass is 10.1. The number of nitrogens with two attached hydrogens (primary N) is 2. The minimum Gasteiger partial charge on any atom is -0.480 e. The molecule has 25 heavy (non-hydrogen) atoms. The molecule has 0 unspecified atom stereocenters. The van der Waals surface area contributed by atoms with Crippen molar-refractivity contribution in [1.82, 2.24) is 16.0 Å². The first-order valence-electron chi connectivity index (χ1n) is 6.99. The van der Waals surface area contributed by atoms with Gasteiger partial charge in [-0.25, -0.2) is 4.79 Å². The number of hydrogen-bond acceptors (Lipinski definition) is 8. The van der Waals surface area contributed by atoms with E-state index in [1.165, 1.54) is 0 Å². The predicted octanol–water partition coefficient (Wildman–Crippen LogP) is -3.78. The smallest absolute Gasteiger partial charge is 0.326 e. The second-order valence-electron chi connectivity index (χ2n) is 4.82. The molecule has 0 saturated heterocycles. The van der Waals surface area contributed by atoms with Crippen LogP contribution in [-0.2, 0) is 24.0 Å². The lowest BCUT2D eigenvalue weighted by molar-refractivity contribution is -0.143. The third-order valence-electron chi connectivity index (χ3n) is 2.86. The Morgan fingerprint density at radius 3 is 1.68 bits per heavy atom. The highest BCUT2D eigenvalue weighted by molar-refractivity contribution is 7.80. The van der Waals surface area contributed by atoms with E-state index in [0.717, 1.165) is 0 Å². The Morgan fingerprint density at radius 1 is 0.880 bits per heavy atom. The largest absolute Gasteiger partial charge is 0.480 e. The van der Waals surface area contributed by atoms with E-state index < -0.39 is 54.1 Å². The number of amides is 4. The molecule has 0 aromatic rings. The van der Waals surface area contributed by atoms with Crippen LogP contribution in [0.25, 0.3) is 0 Å². The first kappa shape index (κ1) is 23.0. The summed E-state index contributed by atoms with van der Waals surface area (Å²) in [6.45, 7) is -0.332. The Balaban J connectivity index is 4.91. The van der Waals surface area contributed by atoms with E-state index in [1.807, 2.05) is 0 Å². The number of aliphatic carboxylic acids is 1. The maximum absolute atomic E-state index is 12.1. The van der Waals surface area contributed by atoms with E-state index in [9.17, 15) is 24.0 Å². The zero-order valence-electron chi connectivity index (χ0n) is 13.1. The molecule has 0 bridgehead atoms. The average Bonchev–Trinajstić information content (AvgIpc) is 2.55. The summed E-state index contributed by atoms with van der Waals surface area (Å²) in [6, 6.07) is -3.79. The number of hydrogen-bond donors (Lipinski definition) is 8. The van der Waals surface area contributed by atoms with Gasteiger partial charge in [0.15, 0.2) is 0 Å². The van der Waals surface area contributed by atoms with Gasteiger partial charge in [0.2, 0.25) is 23.6 Å². The molecule has 0 saturated carbocycles. The number of carbonyl (C=O) groups excluding carboxylic acids is 4. The highest BCUT2D eigenvalue weighted by Crippen LogP contribution is 1.98. The molecule has 0 aliphatic carbocycles. The molecule has 13 heteroatoms. The fourth-order valence-electron chi connectivity index (χ4n) is 1.59. The van der Waals surface area contributed by atoms with Gasteiger partial charge in [-0.3, -0.25) is 19.2 Å². The van der Waals surface area contributed by atoms with Crippen LogP contribution in [0.3, 0.4) is 0 Å². The first-order chi connectivity index (χ1) is 11.7. The van der Waals surface area contributed by atoms with Gasteiger partial charge in [0.1, 0.15) is 18.1 Å². The molecule has 0 aromatic carbocycles. The number of carboxylic acid groups (broad SMARTS) is 1. The Kier molecular flexibility index (Phi) is 10.6. The summed E-state index contributed by atoms with van der Waals surface area (Å²) in [5.74, 6) is -4.79. The molecule has 0 fully saturated rings. The zero-order chi connectivity index (χ0) is 19.6. The summed E-state index contributed by atoms with van der Waals surface area (Å²) < 4.78 is 0. The van der Waals surface area contributed by atoms with E-state index in [0.29, 0.717) is 0 Å². The molecule has 0 spiro atoms. The lowest BCUT2D eigenvalue weighted by Gasteiger charge is -2.22. The highest BCUT2D eigenvalue weighted by Gasteiger charge is 2.29. The standard InChI is InChI=1S/C12H21N5O6S2/c13-2-9(19)15-6(3-24)10(20)17-7(4-25)11(21)16-5(12(22)23)1-8(14)18/h5-7,24-25H,1-4,13H2,(H2,14,18)(H,15,19)(H,16,21)(H,17,20)(H,22,23)/t5-,6-,7-/m0/s1. The second-order valence-corrected chi connectivity index (χ2v) is 5.55. The van der Waals surface area contributed by atoms with Crippen LogP contribution >= 0.6 is 25.3 Å². The van der Waals surface area contributed by atoms with Gasteiger partial charge in [0.05, 0.1) is 13.0 Å². The maximum Gasteiger partial charge on any atom is 0.326 e. The number of thiol groups is 2. The molecule has 8 N–H and O–H groups in total. The van der Waals surface area contributed by atoms with Crippen molar-refractivity contribution in [2.75, 3.05) is 18.1 Å². The van der Waals surface area contributed by atoms with Crippen molar-refractivity contribution < 1.29 is 29.1 Å². The van der Waals surface area contributed by atoms with Gasteiger partial charge in [-0.05, 0) is 0 Å². The van der Waals surface area contributed by atoms with E-state index in [4.69, 9.17) is 16.6 Å². The van der Waals surface area contributed by atoms with Crippen LogP contribution in [0.1, 0.15) is 6.42 Å². The number of carbonyl (C=O) groups is 5. The Morgan fingerprint density at radius 2 is 1.32 bits per heavy atom. The third kappa shape index (κ3) is 8.60. The van der Waals surface area contributed by atoms with E-state index in [2.05, 4.69) is 41.2 Å². The van der Waals surface area contributed by atoms with Crippen molar-refractivity contribution in [3.8, 4) is 0 Å².